The van der Waals surface area contributed by atoms with Crippen molar-refractivity contribution >= 4 is 5.69 Å². The van der Waals surface area contributed by atoms with Gasteiger partial charge in [-0.25, -0.2) is 4.98 Å². The van der Waals surface area contributed by atoms with E-state index in [2.05, 4.69) is 48.0 Å². The molecule has 5 nitrogen and oxygen atoms in total. The first-order valence-electron chi connectivity index (χ1n) is 12.0. The average Bonchev–Trinajstić information content (AvgIpc) is 3.10. The molecule has 0 saturated carbocycles. The normalized spacial score (nSPS) is 20.0. The van der Waals surface area contributed by atoms with Crippen molar-refractivity contribution in [1.29, 1.82) is 0 Å². The number of hydrogen-bond donors (Lipinski definition) is 0. The minimum atomic E-state index is -4.40. The number of aromatic nitrogens is 1. The summed E-state index contributed by atoms with van der Waals surface area (Å²) in [5.41, 5.74) is 3.73. The van der Waals surface area contributed by atoms with Crippen molar-refractivity contribution in [3.05, 3.63) is 77.5 Å². The second-order valence-corrected chi connectivity index (χ2v) is 9.99. The molecule has 0 saturated heterocycles. The largest absolute Gasteiger partial charge is 0.494 e. The number of fused-ring (bicyclic) bond motifs is 4. The predicted molar refractivity (Wildman–Crippen MR) is 131 cm³/mol. The third-order valence-electron chi connectivity index (χ3n) is 6.67. The Bertz CT molecular complexity index is 1240. The number of benzene rings is 2. The molecule has 8 heteroatoms. The van der Waals surface area contributed by atoms with Crippen molar-refractivity contribution in [2.24, 2.45) is 0 Å². The van der Waals surface area contributed by atoms with Crippen LogP contribution < -0.4 is 19.1 Å². The minimum Gasteiger partial charge on any atom is -0.494 e. The number of nitrogens with zero attached hydrogens (tertiary/aromatic N) is 2. The fourth-order valence-corrected chi connectivity index (χ4v) is 5.53. The lowest BCUT2D eigenvalue weighted by atomic mass is 9.67. The monoisotopic (exact) mass is 498 g/mol. The Morgan fingerprint density at radius 2 is 1.83 bits per heavy atom. The number of rotatable bonds is 6. The van der Waals surface area contributed by atoms with E-state index in [0.29, 0.717) is 13.2 Å². The lowest BCUT2D eigenvalue weighted by Crippen LogP contribution is -2.47. The van der Waals surface area contributed by atoms with Gasteiger partial charge in [-0.1, -0.05) is 30.3 Å². The van der Waals surface area contributed by atoms with E-state index in [1.807, 2.05) is 25.1 Å². The smallest absolute Gasteiger partial charge is 0.422 e. The van der Waals surface area contributed by atoms with Gasteiger partial charge in [-0.15, -0.1) is 0 Å². The first-order valence-corrected chi connectivity index (χ1v) is 12.0. The number of para-hydroxylation sites is 1. The third-order valence-corrected chi connectivity index (χ3v) is 6.67. The van der Waals surface area contributed by atoms with Crippen molar-refractivity contribution < 1.29 is 27.4 Å². The van der Waals surface area contributed by atoms with Gasteiger partial charge in [0.05, 0.1) is 6.61 Å². The molecule has 190 valence electrons. The Morgan fingerprint density at radius 3 is 2.56 bits per heavy atom. The molecule has 0 amide bonds. The van der Waals surface area contributed by atoms with Gasteiger partial charge in [-0.05, 0) is 44.0 Å². The second kappa shape index (κ2) is 8.91. The molecular weight excluding hydrogens is 469 g/mol. The summed E-state index contributed by atoms with van der Waals surface area (Å²) in [6.45, 7) is 6.72. The first-order chi connectivity index (χ1) is 17.1. The van der Waals surface area contributed by atoms with E-state index in [0.717, 1.165) is 41.3 Å². The zero-order valence-corrected chi connectivity index (χ0v) is 20.6. The molecule has 3 heterocycles. The number of halogens is 3. The van der Waals surface area contributed by atoms with Crippen LogP contribution in [0.4, 0.5) is 18.9 Å². The van der Waals surface area contributed by atoms with Gasteiger partial charge in [0.15, 0.2) is 6.61 Å². The maximum Gasteiger partial charge on any atom is 0.422 e. The van der Waals surface area contributed by atoms with Crippen molar-refractivity contribution in [2.75, 3.05) is 24.7 Å². The summed E-state index contributed by atoms with van der Waals surface area (Å²) < 4.78 is 54.3. The topological polar surface area (TPSA) is 43.8 Å². The van der Waals surface area contributed by atoms with Gasteiger partial charge in [0.2, 0.25) is 5.88 Å². The highest BCUT2D eigenvalue weighted by molar-refractivity contribution is 5.69. The van der Waals surface area contributed by atoms with Crippen LogP contribution in [0.1, 0.15) is 43.9 Å². The summed E-state index contributed by atoms with van der Waals surface area (Å²) in [5, 5.41) is 0. The van der Waals surface area contributed by atoms with Gasteiger partial charge in [0.1, 0.15) is 17.1 Å². The van der Waals surface area contributed by atoms with E-state index >= 15 is 0 Å². The Kier molecular flexibility index (Phi) is 6.01. The molecule has 0 bridgehead atoms. The lowest BCUT2D eigenvalue weighted by molar-refractivity contribution is -0.154. The highest BCUT2D eigenvalue weighted by Crippen LogP contribution is 2.55. The zero-order valence-electron chi connectivity index (χ0n) is 20.6. The summed E-state index contributed by atoms with van der Waals surface area (Å²) in [4.78, 5) is 6.40. The molecule has 2 aliphatic rings. The molecular formula is C28H29F3N2O3. The molecule has 1 aromatic heterocycles. The molecule has 2 aromatic carbocycles. The van der Waals surface area contributed by atoms with E-state index in [9.17, 15) is 13.2 Å². The van der Waals surface area contributed by atoms with E-state index in [-0.39, 0.29) is 16.9 Å². The zero-order chi connectivity index (χ0) is 25.6. The highest BCUT2D eigenvalue weighted by atomic mass is 19.4. The van der Waals surface area contributed by atoms with Crippen molar-refractivity contribution in [3.63, 3.8) is 0 Å². The highest BCUT2D eigenvalue weighted by Gasteiger charge is 2.52. The minimum absolute atomic E-state index is 0.0421. The predicted octanol–water partition coefficient (Wildman–Crippen LogP) is 6.29. The molecule has 1 spiro atoms. The Balaban J connectivity index is 1.46. The summed E-state index contributed by atoms with van der Waals surface area (Å²) in [7, 11) is 0. The van der Waals surface area contributed by atoms with Crippen LogP contribution >= 0.6 is 0 Å². The molecule has 36 heavy (non-hydrogen) atoms. The number of anilines is 1. The SMILES string of the molecule is CCOc1ccc2c(c1)OC(C)(C)CC21CN(Cc2ccc(OCC(F)(F)F)nc2)c2ccccc21. The van der Waals surface area contributed by atoms with Crippen molar-refractivity contribution in [1.82, 2.24) is 4.98 Å². The van der Waals surface area contributed by atoms with E-state index in [4.69, 9.17) is 14.2 Å². The van der Waals surface area contributed by atoms with Crippen LogP contribution in [0.2, 0.25) is 0 Å². The van der Waals surface area contributed by atoms with Gasteiger partial charge in [0.25, 0.3) is 0 Å². The molecule has 0 aliphatic carbocycles. The maximum absolute atomic E-state index is 12.5. The molecule has 1 unspecified atom stereocenters. The standard InChI is InChI=1S/C28H29F3N2O3/c1-4-34-20-10-11-22-24(13-20)36-26(2,3)16-27(22)17-33(23-8-6-5-7-21(23)27)15-19-9-12-25(32-14-19)35-18-28(29,30)31/h5-14H,4,15-18H2,1-3H3. The van der Waals surface area contributed by atoms with E-state index in [1.54, 1.807) is 12.3 Å². The van der Waals surface area contributed by atoms with Crippen molar-refractivity contribution in [3.8, 4) is 17.4 Å². The number of pyridine rings is 1. The second-order valence-electron chi connectivity index (χ2n) is 9.99. The van der Waals surface area contributed by atoms with Gasteiger partial charge < -0.3 is 19.1 Å². The van der Waals surface area contributed by atoms with E-state index in [1.165, 1.54) is 11.6 Å². The van der Waals surface area contributed by atoms with Crippen LogP contribution in [-0.2, 0) is 12.0 Å². The van der Waals surface area contributed by atoms with Crippen LogP contribution in [0.3, 0.4) is 0 Å². The van der Waals surface area contributed by atoms with Crippen LogP contribution in [0.25, 0.3) is 0 Å². The van der Waals surface area contributed by atoms with Gasteiger partial charge in [0, 0.05) is 54.5 Å². The van der Waals surface area contributed by atoms with Gasteiger partial charge in [-0.2, -0.15) is 13.2 Å². The fraction of sp³-hybridized carbons (Fsp3) is 0.393. The molecule has 1 atom stereocenters. The quantitative estimate of drug-likeness (QED) is 0.400. The van der Waals surface area contributed by atoms with E-state index < -0.39 is 12.8 Å². The lowest BCUT2D eigenvalue weighted by Gasteiger charge is -2.45. The fourth-order valence-electron chi connectivity index (χ4n) is 5.53. The van der Waals surface area contributed by atoms with Crippen LogP contribution in [-0.4, -0.2) is 36.5 Å². The summed E-state index contributed by atoms with van der Waals surface area (Å²) in [6.07, 6.45) is -2.02. The molecule has 5 rings (SSSR count). The molecule has 0 fully saturated rings. The number of hydrogen-bond acceptors (Lipinski definition) is 5. The Hall–Kier alpha value is -3.42. The molecule has 0 N–H and O–H groups in total. The summed E-state index contributed by atoms with van der Waals surface area (Å²) in [5.74, 6) is 1.58. The summed E-state index contributed by atoms with van der Waals surface area (Å²) in [6, 6.07) is 17.7. The number of alkyl halides is 3. The molecule has 0 radical (unpaired) electrons. The Labute approximate surface area is 208 Å². The van der Waals surface area contributed by atoms with Gasteiger partial charge in [-0.3, -0.25) is 0 Å². The third kappa shape index (κ3) is 4.68. The van der Waals surface area contributed by atoms with Crippen LogP contribution in [0, 0.1) is 0 Å². The summed E-state index contributed by atoms with van der Waals surface area (Å²) >= 11 is 0. The average molecular weight is 499 g/mol. The van der Waals surface area contributed by atoms with Gasteiger partial charge >= 0.3 is 6.18 Å². The van der Waals surface area contributed by atoms with Crippen LogP contribution in [0.15, 0.2) is 60.8 Å². The number of ether oxygens (including phenoxy) is 3. The Morgan fingerprint density at radius 1 is 1.03 bits per heavy atom. The van der Waals surface area contributed by atoms with Crippen molar-refractivity contribution in [2.45, 2.75) is 50.9 Å². The maximum atomic E-state index is 12.5. The molecule has 3 aromatic rings. The molecule has 2 aliphatic heterocycles. The van der Waals surface area contributed by atoms with Crippen LogP contribution in [0.5, 0.6) is 17.4 Å². The first kappa shape index (κ1) is 24.3.